The number of nitrogens with zero attached hydrogens (tertiary/aromatic N) is 3. The third kappa shape index (κ3) is 4.82. The molecule has 1 saturated heterocycles. The van der Waals surface area contributed by atoms with E-state index >= 15 is 0 Å². The second-order valence-electron chi connectivity index (χ2n) is 6.53. The number of thioether (sulfide) groups is 1. The zero-order valence-corrected chi connectivity index (χ0v) is 19.1. The standard InChI is InChI=1S/C20H19BrClN3OS2/c21-14-1-6-17-18(13-14)28-20(23-17)25-10-8-24(9-11-25)19(26)7-12-27-16-4-2-15(22)3-5-16/h1-6,13H,7-12H2. The van der Waals surface area contributed by atoms with E-state index in [0.29, 0.717) is 6.42 Å². The molecule has 0 atom stereocenters. The Morgan fingerprint density at radius 1 is 1.14 bits per heavy atom. The molecule has 8 heteroatoms. The first-order valence-electron chi connectivity index (χ1n) is 9.06. The predicted molar refractivity (Wildman–Crippen MR) is 123 cm³/mol. The number of rotatable bonds is 5. The van der Waals surface area contributed by atoms with Crippen molar-refractivity contribution in [3.63, 3.8) is 0 Å². The van der Waals surface area contributed by atoms with Crippen molar-refractivity contribution in [1.29, 1.82) is 0 Å². The largest absolute Gasteiger partial charge is 0.345 e. The fourth-order valence-electron chi connectivity index (χ4n) is 3.11. The van der Waals surface area contributed by atoms with Crippen LogP contribution in [0.25, 0.3) is 10.2 Å². The van der Waals surface area contributed by atoms with Crippen molar-refractivity contribution in [3.8, 4) is 0 Å². The number of amides is 1. The number of aromatic nitrogens is 1. The van der Waals surface area contributed by atoms with Crippen LogP contribution >= 0.6 is 50.6 Å². The number of benzene rings is 2. The van der Waals surface area contributed by atoms with Crippen molar-refractivity contribution in [1.82, 2.24) is 9.88 Å². The molecule has 1 aromatic heterocycles. The molecule has 2 heterocycles. The molecular weight excluding hydrogens is 478 g/mol. The van der Waals surface area contributed by atoms with Crippen LogP contribution in [-0.4, -0.2) is 47.7 Å². The van der Waals surface area contributed by atoms with Gasteiger partial charge in [-0.25, -0.2) is 4.98 Å². The van der Waals surface area contributed by atoms with Gasteiger partial charge in [-0.2, -0.15) is 0 Å². The van der Waals surface area contributed by atoms with Crippen molar-refractivity contribution < 1.29 is 4.79 Å². The van der Waals surface area contributed by atoms with Crippen LogP contribution in [0.3, 0.4) is 0 Å². The molecular formula is C20H19BrClN3OS2. The van der Waals surface area contributed by atoms with Gasteiger partial charge in [-0.1, -0.05) is 38.9 Å². The van der Waals surface area contributed by atoms with Gasteiger partial charge in [0.25, 0.3) is 0 Å². The highest BCUT2D eigenvalue weighted by Crippen LogP contribution is 2.31. The van der Waals surface area contributed by atoms with E-state index in [1.165, 1.54) is 4.70 Å². The van der Waals surface area contributed by atoms with Crippen molar-refractivity contribution in [3.05, 3.63) is 52.0 Å². The summed E-state index contributed by atoms with van der Waals surface area (Å²) in [5, 5.41) is 1.78. The number of hydrogen-bond acceptors (Lipinski definition) is 5. The molecule has 1 aliphatic heterocycles. The van der Waals surface area contributed by atoms with E-state index in [4.69, 9.17) is 16.6 Å². The van der Waals surface area contributed by atoms with Gasteiger partial charge in [0.05, 0.1) is 10.2 Å². The maximum absolute atomic E-state index is 12.5. The van der Waals surface area contributed by atoms with Gasteiger partial charge < -0.3 is 9.80 Å². The average Bonchev–Trinajstić information content (AvgIpc) is 3.12. The van der Waals surface area contributed by atoms with Gasteiger partial charge in [-0.05, 0) is 42.5 Å². The molecule has 2 aromatic carbocycles. The topological polar surface area (TPSA) is 36.4 Å². The third-order valence-corrected chi connectivity index (χ3v) is 7.48. The summed E-state index contributed by atoms with van der Waals surface area (Å²) in [6.07, 6.45) is 0.558. The first-order chi connectivity index (χ1) is 13.6. The summed E-state index contributed by atoms with van der Waals surface area (Å²) in [6, 6.07) is 13.9. The highest BCUT2D eigenvalue weighted by atomic mass is 79.9. The Hall–Kier alpha value is -1.28. The third-order valence-electron chi connectivity index (χ3n) is 4.64. The van der Waals surface area contributed by atoms with Crippen LogP contribution in [0.1, 0.15) is 6.42 Å². The summed E-state index contributed by atoms with van der Waals surface area (Å²) in [6.45, 7) is 3.17. The maximum Gasteiger partial charge on any atom is 0.223 e. The highest BCUT2D eigenvalue weighted by Gasteiger charge is 2.22. The Labute approximate surface area is 186 Å². The molecule has 1 amide bonds. The van der Waals surface area contributed by atoms with E-state index in [0.717, 1.165) is 57.0 Å². The van der Waals surface area contributed by atoms with Gasteiger partial charge in [0, 0.05) is 52.7 Å². The van der Waals surface area contributed by atoms with Gasteiger partial charge in [-0.3, -0.25) is 4.79 Å². The van der Waals surface area contributed by atoms with E-state index in [9.17, 15) is 4.79 Å². The Morgan fingerprint density at radius 3 is 2.64 bits per heavy atom. The van der Waals surface area contributed by atoms with Gasteiger partial charge in [0.15, 0.2) is 5.13 Å². The minimum atomic E-state index is 0.231. The van der Waals surface area contributed by atoms with Crippen molar-refractivity contribution >= 4 is 71.9 Å². The number of hydrogen-bond donors (Lipinski definition) is 0. The normalized spacial score (nSPS) is 14.6. The van der Waals surface area contributed by atoms with Gasteiger partial charge in [0.2, 0.25) is 5.91 Å². The highest BCUT2D eigenvalue weighted by molar-refractivity contribution is 9.10. The molecule has 3 aromatic rings. The summed E-state index contributed by atoms with van der Waals surface area (Å²) in [5.41, 5.74) is 1.03. The molecule has 0 unspecified atom stereocenters. The molecule has 4 rings (SSSR count). The number of anilines is 1. The molecule has 28 heavy (non-hydrogen) atoms. The number of carbonyl (C=O) groups is 1. The van der Waals surface area contributed by atoms with Gasteiger partial charge >= 0.3 is 0 Å². The zero-order valence-electron chi connectivity index (χ0n) is 15.1. The van der Waals surface area contributed by atoms with Crippen LogP contribution < -0.4 is 4.90 Å². The fourth-order valence-corrected chi connectivity index (χ4v) is 5.65. The maximum atomic E-state index is 12.5. The molecule has 4 nitrogen and oxygen atoms in total. The Bertz CT molecular complexity index is 971. The molecule has 1 aliphatic rings. The van der Waals surface area contributed by atoms with Gasteiger partial charge in [0.1, 0.15) is 0 Å². The number of fused-ring (bicyclic) bond motifs is 1. The molecule has 0 radical (unpaired) electrons. The lowest BCUT2D eigenvalue weighted by molar-refractivity contribution is -0.131. The summed E-state index contributed by atoms with van der Waals surface area (Å²) in [7, 11) is 0. The smallest absolute Gasteiger partial charge is 0.223 e. The number of halogens is 2. The van der Waals surface area contributed by atoms with E-state index < -0.39 is 0 Å². The predicted octanol–water partition coefficient (Wildman–Crippen LogP) is 5.54. The first-order valence-corrected chi connectivity index (χ1v) is 12.0. The monoisotopic (exact) mass is 495 g/mol. The molecule has 0 aliphatic carbocycles. The minimum absolute atomic E-state index is 0.231. The first kappa shape index (κ1) is 20.0. The summed E-state index contributed by atoms with van der Waals surface area (Å²) >= 11 is 12.8. The van der Waals surface area contributed by atoms with Crippen molar-refractivity contribution in [2.24, 2.45) is 0 Å². The van der Waals surface area contributed by atoms with Crippen molar-refractivity contribution in [2.75, 3.05) is 36.8 Å². The molecule has 1 fully saturated rings. The minimum Gasteiger partial charge on any atom is -0.345 e. The number of thiazole rings is 1. The Morgan fingerprint density at radius 2 is 1.89 bits per heavy atom. The molecule has 146 valence electrons. The average molecular weight is 497 g/mol. The van der Waals surface area contributed by atoms with Crippen molar-refractivity contribution in [2.45, 2.75) is 11.3 Å². The summed E-state index contributed by atoms with van der Waals surface area (Å²) < 4.78 is 2.25. The van der Waals surface area contributed by atoms with Crippen LogP contribution in [0.2, 0.25) is 5.02 Å². The second-order valence-corrected chi connectivity index (χ2v) is 10.1. The molecule has 0 saturated carbocycles. The van der Waals surface area contributed by atoms with Gasteiger partial charge in [-0.15, -0.1) is 11.8 Å². The quantitative estimate of drug-likeness (QED) is 0.434. The van der Waals surface area contributed by atoms with Crippen LogP contribution in [0, 0.1) is 0 Å². The van der Waals surface area contributed by atoms with Crippen LogP contribution in [0.4, 0.5) is 5.13 Å². The van der Waals surface area contributed by atoms with Crippen LogP contribution in [0.15, 0.2) is 51.8 Å². The van der Waals surface area contributed by atoms with Crippen LogP contribution in [-0.2, 0) is 4.79 Å². The van der Waals surface area contributed by atoms with E-state index in [-0.39, 0.29) is 5.91 Å². The fraction of sp³-hybridized carbons (Fsp3) is 0.300. The zero-order chi connectivity index (χ0) is 19.5. The molecule has 0 N–H and O–H groups in total. The lowest BCUT2D eigenvalue weighted by Gasteiger charge is -2.34. The lowest BCUT2D eigenvalue weighted by Crippen LogP contribution is -2.48. The van der Waals surface area contributed by atoms with E-state index in [1.807, 2.05) is 41.3 Å². The summed E-state index contributed by atoms with van der Waals surface area (Å²) in [5.74, 6) is 1.02. The summed E-state index contributed by atoms with van der Waals surface area (Å²) in [4.78, 5) is 22.7. The number of piperazine rings is 1. The Kier molecular flexibility index (Phi) is 6.45. The van der Waals surface area contributed by atoms with E-state index in [2.05, 4.69) is 26.9 Å². The van der Waals surface area contributed by atoms with E-state index in [1.54, 1.807) is 23.1 Å². The van der Waals surface area contributed by atoms with Crippen LogP contribution in [0.5, 0.6) is 0 Å². The lowest BCUT2D eigenvalue weighted by atomic mass is 10.3. The number of carbonyl (C=O) groups excluding carboxylic acids is 1. The second kappa shape index (κ2) is 9.03. The molecule has 0 spiro atoms. The molecule has 0 bridgehead atoms. The Balaban J connectivity index is 1.27. The SMILES string of the molecule is O=C(CCSc1ccc(Cl)cc1)N1CCN(c2nc3ccc(Br)cc3s2)CC1.